The molecule has 1 N–H and O–H groups in total. The minimum absolute atomic E-state index is 0.136. The molecular weight excluding hydrogens is 312 g/mol. The fraction of sp³-hybridized carbons (Fsp3) is 0.176. The molecule has 1 aliphatic rings. The zero-order valence-corrected chi connectivity index (χ0v) is 13.4. The number of rotatable bonds is 3. The monoisotopic (exact) mass is 326 g/mol. The zero-order valence-electron chi connectivity index (χ0n) is 11.8. The summed E-state index contributed by atoms with van der Waals surface area (Å²) in [5.41, 5.74) is 3.17. The van der Waals surface area contributed by atoms with Crippen molar-refractivity contribution in [3.63, 3.8) is 0 Å². The third kappa shape index (κ3) is 3.46. The van der Waals surface area contributed by atoms with E-state index in [9.17, 15) is 4.79 Å². The summed E-state index contributed by atoms with van der Waals surface area (Å²) >= 11 is 3.90. The summed E-state index contributed by atoms with van der Waals surface area (Å²) in [5.74, 6) is 2.25. The molecule has 3 nitrogen and oxygen atoms in total. The topological polar surface area (TPSA) is 52.9 Å². The Kier molecular flexibility index (Phi) is 4.71. The number of anilines is 1. The van der Waals surface area contributed by atoms with Crippen LogP contribution in [0.1, 0.15) is 26.1 Å². The molecule has 0 bridgehead atoms. The predicted molar refractivity (Wildman–Crippen MR) is 93.2 cm³/mol. The quantitative estimate of drug-likeness (QED) is 0.914. The van der Waals surface area contributed by atoms with Crippen LogP contribution in [0, 0.1) is 11.3 Å². The first kappa shape index (κ1) is 15.0. The van der Waals surface area contributed by atoms with Gasteiger partial charge in [0.1, 0.15) is 0 Å². The second kappa shape index (κ2) is 6.91. The minimum atomic E-state index is -0.136. The van der Waals surface area contributed by atoms with Gasteiger partial charge in [0.2, 0.25) is 0 Å². The molecule has 0 aromatic heterocycles. The van der Waals surface area contributed by atoms with E-state index in [2.05, 4.69) is 11.4 Å². The number of hydrogen-bond donors (Lipinski definition) is 1. The lowest BCUT2D eigenvalue weighted by Crippen LogP contribution is -2.11. The maximum atomic E-state index is 12.2. The van der Waals surface area contributed by atoms with E-state index < -0.39 is 0 Å². The summed E-state index contributed by atoms with van der Waals surface area (Å²) in [6.07, 6.45) is 0. The van der Waals surface area contributed by atoms with Gasteiger partial charge in [0.25, 0.3) is 5.91 Å². The minimum Gasteiger partial charge on any atom is -0.322 e. The molecule has 1 saturated heterocycles. The number of carbonyl (C=O) groups excluding carboxylic acids is 1. The molecule has 2 aromatic rings. The molecule has 2 aromatic carbocycles. The van der Waals surface area contributed by atoms with Gasteiger partial charge in [0.15, 0.2) is 0 Å². The molecule has 0 saturated carbocycles. The second-order valence-corrected chi connectivity index (χ2v) is 7.56. The maximum Gasteiger partial charge on any atom is 0.255 e. The van der Waals surface area contributed by atoms with E-state index in [0.717, 1.165) is 0 Å². The van der Waals surface area contributed by atoms with E-state index in [4.69, 9.17) is 5.26 Å². The van der Waals surface area contributed by atoms with Gasteiger partial charge in [-0.25, -0.2) is 0 Å². The van der Waals surface area contributed by atoms with Crippen LogP contribution in [0.25, 0.3) is 0 Å². The first-order valence-electron chi connectivity index (χ1n) is 6.91. The molecule has 1 heterocycles. The summed E-state index contributed by atoms with van der Waals surface area (Å²) in [7, 11) is 0. The van der Waals surface area contributed by atoms with Gasteiger partial charge in [-0.1, -0.05) is 12.1 Å². The summed E-state index contributed by atoms with van der Waals surface area (Å²) in [6, 6.07) is 16.7. The third-order valence-corrected chi connectivity index (χ3v) is 6.44. The highest BCUT2D eigenvalue weighted by atomic mass is 32.2. The fourth-order valence-corrected chi connectivity index (χ4v) is 5.03. The molecule has 1 aliphatic heterocycles. The number of nitrogens with one attached hydrogen (secondary N) is 1. The first-order valence-corrected chi connectivity index (χ1v) is 9.01. The Morgan fingerprint density at radius 2 is 1.68 bits per heavy atom. The van der Waals surface area contributed by atoms with Gasteiger partial charge >= 0.3 is 0 Å². The average Bonchev–Trinajstić information content (AvgIpc) is 3.10. The zero-order chi connectivity index (χ0) is 15.4. The van der Waals surface area contributed by atoms with Crippen molar-refractivity contribution in [1.29, 1.82) is 5.26 Å². The van der Waals surface area contributed by atoms with E-state index in [1.165, 1.54) is 17.1 Å². The van der Waals surface area contributed by atoms with E-state index >= 15 is 0 Å². The Morgan fingerprint density at radius 1 is 1.05 bits per heavy atom. The highest BCUT2D eigenvalue weighted by molar-refractivity contribution is 8.19. The van der Waals surface area contributed by atoms with Crippen LogP contribution in [0.3, 0.4) is 0 Å². The fourth-order valence-electron chi connectivity index (χ4n) is 2.17. The van der Waals surface area contributed by atoms with Crippen LogP contribution in [-0.4, -0.2) is 17.4 Å². The van der Waals surface area contributed by atoms with Gasteiger partial charge in [0, 0.05) is 22.8 Å². The second-order valence-electron chi connectivity index (χ2n) is 4.84. The summed E-state index contributed by atoms with van der Waals surface area (Å²) < 4.78 is 0.496. The van der Waals surface area contributed by atoms with Gasteiger partial charge in [-0.2, -0.15) is 5.26 Å². The van der Waals surface area contributed by atoms with Gasteiger partial charge in [-0.05, 0) is 42.0 Å². The molecule has 3 rings (SSSR count). The lowest BCUT2D eigenvalue weighted by atomic mass is 10.1. The van der Waals surface area contributed by atoms with Crippen molar-refractivity contribution < 1.29 is 4.79 Å². The summed E-state index contributed by atoms with van der Waals surface area (Å²) in [5, 5.41) is 11.6. The molecule has 0 atom stereocenters. The molecule has 1 fully saturated rings. The maximum absolute atomic E-state index is 12.2. The van der Waals surface area contributed by atoms with Crippen molar-refractivity contribution in [3.05, 3.63) is 65.2 Å². The smallest absolute Gasteiger partial charge is 0.255 e. The van der Waals surface area contributed by atoms with Gasteiger partial charge in [0.05, 0.1) is 16.2 Å². The van der Waals surface area contributed by atoms with Crippen LogP contribution in [0.4, 0.5) is 5.69 Å². The van der Waals surface area contributed by atoms with Crippen LogP contribution in [-0.2, 0) is 0 Å². The molecule has 0 aliphatic carbocycles. The Morgan fingerprint density at radius 3 is 2.27 bits per heavy atom. The molecule has 0 radical (unpaired) electrons. The van der Waals surface area contributed by atoms with Crippen LogP contribution < -0.4 is 5.32 Å². The lowest BCUT2D eigenvalue weighted by molar-refractivity contribution is 0.102. The number of nitrogens with zero attached hydrogens (tertiary/aromatic N) is 1. The highest BCUT2D eigenvalue weighted by Gasteiger charge is 2.18. The van der Waals surface area contributed by atoms with Gasteiger partial charge in [-0.3, -0.25) is 4.79 Å². The standard InChI is InChI=1S/C17H14N2OS2/c18-11-12-1-7-15(8-2-12)19-16(20)13-3-5-14(6-4-13)17-21-9-10-22-17/h1-8,17H,9-10H2,(H,19,20). The van der Waals surface area contributed by atoms with Crippen LogP contribution in [0.5, 0.6) is 0 Å². The van der Waals surface area contributed by atoms with Crippen molar-refractivity contribution in [3.8, 4) is 6.07 Å². The largest absolute Gasteiger partial charge is 0.322 e. The van der Waals surface area contributed by atoms with Crippen LogP contribution in [0.2, 0.25) is 0 Å². The van der Waals surface area contributed by atoms with E-state index in [-0.39, 0.29) is 5.91 Å². The molecule has 0 unspecified atom stereocenters. The van der Waals surface area contributed by atoms with Crippen molar-refractivity contribution in [2.45, 2.75) is 4.58 Å². The van der Waals surface area contributed by atoms with Gasteiger partial charge in [-0.15, -0.1) is 23.5 Å². The van der Waals surface area contributed by atoms with Crippen molar-refractivity contribution in [2.75, 3.05) is 16.8 Å². The Labute approximate surface area is 138 Å². The van der Waals surface area contributed by atoms with Crippen molar-refractivity contribution in [2.24, 2.45) is 0 Å². The Hall–Kier alpha value is -1.90. The molecule has 22 heavy (non-hydrogen) atoms. The molecule has 110 valence electrons. The van der Waals surface area contributed by atoms with Gasteiger partial charge < -0.3 is 5.32 Å². The number of benzene rings is 2. The number of amides is 1. The van der Waals surface area contributed by atoms with E-state index in [1.54, 1.807) is 24.3 Å². The number of nitriles is 1. The number of thioether (sulfide) groups is 2. The predicted octanol–water partition coefficient (Wildman–Crippen LogP) is 4.29. The van der Waals surface area contributed by atoms with Crippen LogP contribution in [0.15, 0.2) is 48.5 Å². The number of carbonyl (C=O) groups is 1. The highest BCUT2D eigenvalue weighted by Crippen LogP contribution is 2.45. The number of hydrogen-bond acceptors (Lipinski definition) is 4. The molecule has 5 heteroatoms. The summed E-state index contributed by atoms with van der Waals surface area (Å²) in [6.45, 7) is 0. The van der Waals surface area contributed by atoms with Crippen LogP contribution >= 0.6 is 23.5 Å². The normalized spacial score (nSPS) is 14.5. The van der Waals surface area contributed by atoms with E-state index in [0.29, 0.717) is 21.4 Å². The summed E-state index contributed by atoms with van der Waals surface area (Å²) in [4.78, 5) is 12.2. The Balaban J connectivity index is 1.67. The molecular formula is C17H14N2OS2. The first-order chi connectivity index (χ1) is 10.8. The van der Waals surface area contributed by atoms with E-state index in [1.807, 2.05) is 47.8 Å². The SMILES string of the molecule is N#Cc1ccc(NC(=O)c2ccc(C3SCCS3)cc2)cc1. The molecule has 1 amide bonds. The lowest BCUT2D eigenvalue weighted by Gasteiger charge is -2.09. The van der Waals surface area contributed by atoms with Crippen molar-refractivity contribution >= 4 is 35.1 Å². The Bertz CT molecular complexity index is 699. The average molecular weight is 326 g/mol. The van der Waals surface area contributed by atoms with Crippen molar-refractivity contribution in [1.82, 2.24) is 0 Å². The third-order valence-electron chi connectivity index (χ3n) is 3.34. The molecule has 0 spiro atoms.